The van der Waals surface area contributed by atoms with Crippen LogP contribution in [-0.2, 0) is 6.54 Å². The number of amides is 1. The second kappa shape index (κ2) is 7.83. The Morgan fingerprint density at radius 3 is 2.65 bits per heavy atom. The fraction of sp³-hybridized carbons (Fsp3) is 0.176. The summed E-state index contributed by atoms with van der Waals surface area (Å²) >= 11 is 6.16. The molecule has 3 aromatic rings. The highest BCUT2D eigenvalue weighted by Crippen LogP contribution is 2.27. The standard InChI is InChI=1S/C17H16ClN5O3/c1-25-15-6-3-11(7-16(15)26-2)9-19-17(24)13-8-12(4-5-14(13)18)23-10-20-21-22-23/h3-8,10H,9H2,1-2H3,(H,19,24). The van der Waals surface area contributed by atoms with E-state index in [0.717, 1.165) is 5.56 Å². The molecule has 0 aliphatic carbocycles. The Hall–Kier alpha value is -3.13. The molecule has 26 heavy (non-hydrogen) atoms. The lowest BCUT2D eigenvalue weighted by Crippen LogP contribution is -2.23. The zero-order valence-corrected chi connectivity index (χ0v) is 14.9. The highest BCUT2D eigenvalue weighted by Gasteiger charge is 2.13. The Labute approximate surface area is 154 Å². The smallest absolute Gasteiger partial charge is 0.253 e. The van der Waals surface area contributed by atoms with Crippen molar-refractivity contribution in [2.45, 2.75) is 6.54 Å². The highest BCUT2D eigenvalue weighted by molar-refractivity contribution is 6.33. The fourth-order valence-electron chi connectivity index (χ4n) is 2.38. The lowest BCUT2D eigenvalue weighted by molar-refractivity contribution is 0.0951. The van der Waals surface area contributed by atoms with Crippen molar-refractivity contribution in [3.8, 4) is 17.2 Å². The van der Waals surface area contributed by atoms with Crippen LogP contribution in [-0.4, -0.2) is 40.3 Å². The van der Waals surface area contributed by atoms with Gasteiger partial charge in [-0.25, -0.2) is 4.68 Å². The van der Waals surface area contributed by atoms with Crippen LogP contribution in [0.2, 0.25) is 5.02 Å². The fourth-order valence-corrected chi connectivity index (χ4v) is 2.58. The van der Waals surface area contributed by atoms with E-state index in [-0.39, 0.29) is 5.91 Å². The maximum absolute atomic E-state index is 12.5. The molecule has 134 valence electrons. The number of tetrazole rings is 1. The van der Waals surface area contributed by atoms with Gasteiger partial charge in [-0.1, -0.05) is 17.7 Å². The van der Waals surface area contributed by atoms with E-state index in [1.807, 2.05) is 6.07 Å². The second-order valence-corrected chi connectivity index (χ2v) is 5.70. The maximum atomic E-state index is 12.5. The molecule has 9 heteroatoms. The SMILES string of the molecule is COc1ccc(CNC(=O)c2cc(-n3cnnn3)ccc2Cl)cc1OC. The number of ether oxygens (including phenoxy) is 2. The van der Waals surface area contributed by atoms with E-state index >= 15 is 0 Å². The molecule has 0 spiro atoms. The molecule has 8 nitrogen and oxygen atoms in total. The number of methoxy groups -OCH3 is 2. The van der Waals surface area contributed by atoms with Crippen LogP contribution >= 0.6 is 11.6 Å². The molecule has 0 radical (unpaired) electrons. The Balaban J connectivity index is 1.75. The molecule has 2 aromatic carbocycles. The van der Waals surface area contributed by atoms with Crippen LogP contribution in [0.4, 0.5) is 0 Å². The number of halogens is 1. The summed E-state index contributed by atoms with van der Waals surface area (Å²) in [5.41, 5.74) is 1.83. The number of carbonyl (C=O) groups excluding carboxylic acids is 1. The van der Waals surface area contributed by atoms with Crippen molar-refractivity contribution in [3.05, 3.63) is 58.9 Å². The van der Waals surface area contributed by atoms with E-state index < -0.39 is 0 Å². The molecule has 0 aliphatic heterocycles. The van der Waals surface area contributed by atoms with Gasteiger partial charge in [0.15, 0.2) is 11.5 Å². The monoisotopic (exact) mass is 373 g/mol. The van der Waals surface area contributed by atoms with Gasteiger partial charge in [0, 0.05) is 6.54 Å². The van der Waals surface area contributed by atoms with Gasteiger partial charge < -0.3 is 14.8 Å². The first-order valence-electron chi connectivity index (χ1n) is 7.64. The van der Waals surface area contributed by atoms with Gasteiger partial charge in [-0.15, -0.1) is 5.10 Å². The van der Waals surface area contributed by atoms with Gasteiger partial charge in [-0.2, -0.15) is 0 Å². The normalized spacial score (nSPS) is 10.4. The molecule has 0 aliphatic rings. The molecular weight excluding hydrogens is 358 g/mol. The molecule has 0 bridgehead atoms. The van der Waals surface area contributed by atoms with Gasteiger partial charge >= 0.3 is 0 Å². The van der Waals surface area contributed by atoms with Gasteiger partial charge in [-0.3, -0.25) is 4.79 Å². The third kappa shape index (κ3) is 3.75. The molecule has 1 N–H and O–H groups in total. The van der Waals surface area contributed by atoms with Crippen LogP contribution < -0.4 is 14.8 Å². The quantitative estimate of drug-likeness (QED) is 0.712. The zero-order chi connectivity index (χ0) is 18.5. The van der Waals surface area contributed by atoms with E-state index in [2.05, 4.69) is 20.8 Å². The molecule has 0 fully saturated rings. The second-order valence-electron chi connectivity index (χ2n) is 5.29. The van der Waals surface area contributed by atoms with Crippen molar-refractivity contribution in [2.24, 2.45) is 0 Å². The first-order valence-corrected chi connectivity index (χ1v) is 8.02. The summed E-state index contributed by atoms with van der Waals surface area (Å²) in [6, 6.07) is 10.4. The molecule has 1 amide bonds. The number of aromatic nitrogens is 4. The largest absolute Gasteiger partial charge is 0.493 e. The van der Waals surface area contributed by atoms with Crippen LogP contribution in [0.15, 0.2) is 42.7 Å². The number of hydrogen-bond acceptors (Lipinski definition) is 6. The van der Waals surface area contributed by atoms with Crippen molar-refractivity contribution >= 4 is 17.5 Å². The topological polar surface area (TPSA) is 91.2 Å². The van der Waals surface area contributed by atoms with Gasteiger partial charge in [-0.05, 0) is 46.3 Å². The maximum Gasteiger partial charge on any atom is 0.253 e. The summed E-state index contributed by atoms with van der Waals surface area (Å²) in [5, 5.41) is 14.1. The van der Waals surface area contributed by atoms with E-state index in [0.29, 0.717) is 34.3 Å². The minimum atomic E-state index is -0.306. The Bertz CT molecular complexity index is 915. The Kier molecular flexibility index (Phi) is 5.33. The van der Waals surface area contributed by atoms with E-state index in [9.17, 15) is 4.79 Å². The average molecular weight is 374 g/mol. The van der Waals surface area contributed by atoms with Gasteiger partial charge in [0.25, 0.3) is 5.91 Å². The molecule has 0 saturated carbocycles. The van der Waals surface area contributed by atoms with Crippen molar-refractivity contribution in [2.75, 3.05) is 14.2 Å². The lowest BCUT2D eigenvalue weighted by atomic mass is 10.1. The molecule has 1 aromatic heterocycles. The van der Waals surface area contributed by atoms with Crippen molar-refractivity contribution < 1.29 is 14.3 Å². The van der Waals surface area contributed by atoms with Gasteiger partial charge in [0.05, 0.1) is 30.5 Å². The lowest BCUT2D eigenvalue weighted by Gasteiger charge is -2.11. The van der Waals surface area contributed by atoms with Crippen molar-refractivity contribution in [1.29, 1.82) is 0 Å². The number of benzene rings is 2. The predicted molar refractivity (Wildman–Crippen MR) is 94.9 cm³/mol. The molecule has 0 saturated heterocycles. The number of hydrogen-bond donors (Lipinski definition) is 1. The van der Waals surface area contributed by atoms with Crippen LogP contribution in [0.5, 0.6) is 11.5 Å². The van der Waals surface area contributed by atoms with Crippen molar-refractivity contribution in [3.63, 3.8) is 0 Å². The molecule has 0 unspecified atom stereocenters. The minimum Gasteiger partial charge on any atom is -0.493 e. The summed E-state index contributed by atoms with van der Waals surface area (Å²) in [6.45, 7) is 0.310. The summed E-state index contributed by atoms with van der Waals surface area (Å²) in [6.07, 6.45) is 1.44. The summed E-state index contributed by atoms with van der Waals surface area (Å²) in [7, 11) is 3.13. The zero-order valence-electron chi connectivity index (χ0n) is 14.1. The van der Waals surface area contributed by atoms with Gasteiger partial charge in [0.2, 0.25) is 0 Å². The molecule has 1 heterocycles. The Morgan fingerprint density at radius 1 is 1.15 bits per heavy atom. The first kappa shape index (κ1) is 17.7. The summed E-state index contributed by atoms with van der Waals surface area (Å²) in [4.78, 5) is 12.5. The minimum absolute atomic E-state index is 0.306. The van der Waals surface area contributed by atoms with Crippen LogP contribution in [0.3, 0.4) is 0 Å². The molecule has 0 atom stereocenters. The predicted octanol–water partition coefficient (Wildman–Crippen LogP) is 2.26. The third-order valence-corrected chi connectivity index (χ3v) is 4.04. The summed E-state index contributed by atoms with van der Waals surface area (Å²) < 4.78 is 11.9. The molecule has 3 rings (SSSR count). The highest BCUT2D eigenvalue weighted by atomic mass is 35.5. The number of nitrogens with one attached hydrogen (secondary N) is 1. The number of carbonyl (C=O) groups is 1. The van der Waals surface area contributed by atoms with E-state index in [1.165, 1.54) is 11.0 Å². The third-order valence-electron chi connectivity index (χ3n) is 3.71. The van der Waals surface area contributed by atoms with Crippen LogP contribution in [0, 0.1) is 0 Å². The Morgan fingerprint density at radius 2 is 1.96 bits per heavy atom. The van der Waals surface area contributed by atoms with Gasteiger partial charge in [0.1, 0.15) is 6.33 Å². The van der Waals surface area contributed by atoms with E-state index in [1.54, 1.807) is 44.6 Å². The van der Waals surface area contributed by atoms with E-state index in [4.69, 9.17) is 21.1 Å². The summed E-state index contributed by atoms with van der Waals surface area (Å²) in [5.74, 6) is 0.914. The average Bonchev–Trinajstić information content (AvgIpc) is 3.21. The van der Waals surface area contributed by atoms with Crippen LogP contribution in [0.25, 0.3) is 5.69 Å². The molecular formula is C17H16ClN5O3. The van der Waals surface area contributed by atoms with Crippen molar-refractivity contribution in [1.82, 2.24) is 25.5 Å². The van der Waals surface area contributed by atoms with Crippen LogP contribution in [0.1, 0.15) is 15.9 Å². The first-order chi connectivity index (χ1) is 12.6. The number of rotatable bonds is 6. The number of nitrogens with zero attached hydrogens (tertiary/aromatic N) is 4.